The maximum atomic E-state index is 5.92. The maximum absolute atomic E-state index is 5.92. The van der Waals surface area contributed by atoms with E-state index in [4.69, 9.17) is 32.7 Å². The number of alkyl halides is 2. The van der Waals surface area contributed by atoms with Crippen molar-refractivity contribution in [3.63, 3.8) is 0 Å². The van der Waals surface area contributed by atoms with E-state index in [0.717, 1.165) is 12.8 Å². The first kappa shape index (κ1) is 12.0. The molecule has 1 saturated carbocycles. The molecule has 0 atom stereocenters. The van der Waals surface area contributed by atoms with Crippen LogP contribution in [0.4, 0.5) is 0 Å². The van der Waals surface area contributed by atoms with E-state index in [1.807, 2.05) is 0 Å². The Morgan fingerprint density at radius 1 is 0.867 bits per heavy atom. The minimum absolute atomic E-state index is 0.175. The van der Waals surface area contributed by atoms with Gasteiger partial charge in [0, 0.05) is 30.0 Å². The Hall–Kier alpha value is 0.500. The molecule has 88 valence electrons. The number of hydrogen-bond acceptors (Lipinski definition) is 2. The lowest BCUT2D eigenvalue weighted by Gasteiger charge is -2.46. The van der Waals surface area contributed by atoms with Gasteiger partial charge in [0.2, 0.25) is 0 Å². The second-order valence-electron chi connectivity index (χ2n) is 4.82. The van der Waals surface area contributed by atoms with Gasteiger partial charge in [0.05, 0.1) is 13.2 Å². The summed E-state index contributed by atoms with van der Waals surface area (Å²) in [6, 6.07) is 0. The molecular formula is C11H18Cl2O2. The van der Waals surface area contributed by atoms with Gasteiger partial charge >= 0.3 is 0 Å². The molecule has 2 nitrogen and oxygen atoms in total. The molecule has 1 heterocycles. The van der Waals surface area contributed by atoms with E-state index < -0.39 is 0 Å². The van der Waals surface area contributed by atoms with Crippen LogP contribution in [-0.2, 0) is 9.47 Å². The molecule has 0 unspecified atom stereocenters. The standard InChI is InChI=1S/C11H18Cl2O2/c12-6-10(7-13)8-14-11(15-9-10)4-2-1-3-5-11/h1-9H2. The Kier molecular flexibility index (Phi) is 3.82. The Balaban J connectivity index is 1.95. The van der Waals surface area contributed by atoms with Crippen molar-refractivity contribution < 1.29 is 9.47 Å². The van der Waals surface area contributed by atoms with Crippen LogP contribution >= 0.6 is 23.2 Å². The molecule has 0 aromatic heterocycles. The van der Waals surface area contributed by atoms with Crippen LogP contribution in [0.2, 0.25) is 0 Å². The number of rotatable bonds is 2. The summed E-state index contributed by atoms with van der Waals surface area (Å²) in [6.07, 6.45) is 5.75. The minimum Gasteiger partial charge on any atom is -0.349 e. The molecule has 15 heavy (non-hydrogen) atoms. The Morgan fingerprint density at radius 3 is 1.87 bits per heavy atom. The number of halogens is 2. The molecule has 0 aromatic carbocycles. The van der Waals surface area contributed by atoms with Gasteiger partial charge in [-0.3, -0.25) is 0 Å². The molecule has 0 radical (unpaired) electrons. The fourth-order valence-electron chi connectivity index (χ4n) is 2.22. The van der Waals surface area contributed by atoms with E-state index in [1.54, 1.807) is 0 Å². The van der Waals surface area contributed by atoms with Gasteiger partial charge in [0.1, 0.15) is 0 Å². The van der Waals surface area contributed by atoms with Crippen LogP contribution in [0.25, 0.3) is 0 Å². The summed E-state index contributed by atoms with van der Waals surface area (Å²) in [4.78, 5) is 0. The predicted octanol–water partition coefficient (Wildman–Crippen LogP) is 3.16. The summed E-state index contributed by atoms with van der Waals surface area (Å²) in [5, 5.41) is 0. The van der Waals surface area contributed by atoms with Gasteiger partial charge in [-0.25, -0.2) is 0 Å². The molecule has 4 heteroatoms. The highest BCUT2D eigenvalue weighted by molar-refractivity contribution is 6.21. The second-order valence-corrected chi connectivity index (χ2v) is 5.35. The predicted molar refractivity (Wildman–Crippen MR) is 61.6 cm³/mol. The third-order valence-corrected chi connectivity index (χ3v) is 4.60. The van der Waals surface area contributed by atoms with E-state index in [1.165, 1.54) is 19.3 Å². The third-order valence-electron chi connectivity index (χ3n) is 3.47. The van der Waals surface area contributed by atoms with Crippen LogP contribution in [0.1, 0.15) is 32.1 Å². The fraction of sp³-hybridized carbons (Fsp3) is 1.00. The van der Waals surface area contributed by atoms with E-state index in [2.05, 4.69) is 0 Å². The maximum Gasteiger partial charge on any atom is 0.168 e. The van der Waals surface area contributed by atoms with Crippen molar-refractivity contribution >= 4 is 23.2 Å². The number of ether oxygens (including phenoxy) is 2. The zero-order valence-corrected chi connectivity index (χ0v) is 10.4. The number of hydrogen-bond donors (Lipinski definition) is 0. The summed E-state index contributed by atoms with van der Waals surface area (Å²) in [5.41, 5.74) is -0.175. The highest BCUT2D eigenvalue weighted by atomic mass is 35.5. The second kappa shape index (κ2) is 4.79. The van der Waals surface area contributed by atoms with Crippen molar-refractivity contribution in [1.82, 2.24) is 0 Å². The van der Waals surface area contributed by atoms with Gasteiger partial charge in [0.15, 0.2) is 5.79 Å². The van der Waals surface area contributed by atoms with Crippen molar-refractivity contribution in [2.75, 3.05) is 25.0 Å². The lowest BCUT2D eigenvalue weighted by atomic mass is 9.89. The Labute approximate surface area is 101 Å². The van der Waals surface area contributed by atoms with Crippen LogP contribution in [0.15, 0.2) is 0 Å². The SMILES string of the molecule is ClCC1(CCl)COC2(CCCCC2)OC1. The minimum atomic E-state index is -0.306. The summed E-state index contributed by atoms with van der Waals surface area (Å²) >= 11 is 11.8. The normalized spacial score (nSPS) is 29.2. The first-order valence-electron chi connectivity index (χ1n) is 5.64. The van der Waals surface area contributed by atoms with Gasteiger partial charge < -0.3 is 9.47 Å². The monoisotopic (exact) mass is 252 g/mol. The molecule has 2 fully saturated rings. The highest BCUT2D eigenvalue weighted by Gasteiger charge is 2.44. The molecule has 1 aliphatic carbocycles. The summed E-state index contributed by atoms with van der Waals surface area (Å²) in [5.74, 6) is 0.707. The molecule has 0 aromatic rings. The summed E-state index contributed by atoms with van der Waals surface area (Å²) in [6.45, 7) is 1.28. The molecule has 0 amide bonds. The van der Waals surface area contributed by atoms with Crippen LogP contribution in [-0.4, -0.2) is 30.8 Å². The highest BCUT2D eigenvalue weighted by Crippen LogP contribution is 2.40. The average molecular weight is 253 g/mol. The van der Waals surface area contributed by atoms with Gasteiger partial charge in [-0.2, -0.15) is 0 Å². The van der Waals surface area contributed by atoms with Crippen molar-refractivity contribution in [3.05, 3.63) is 0 Å². The largest absolute Gasteiger partial charge is 0.349 e. The van der Waals surface area contributed by atoms with Crippen molar-refractivity contribution in [1.29, 1.82) is 0 Å². The molecule has 1 saturated heterocycles. The summed E-state index contributed by atoms with van der Waals surface area (Å²) < 4.78 is 11.8. The van der Waals surface area contributed by atoms with E-state index in [0.29, 0.717) is 25.0 Å². The third kappa shape index (κ3) is 2.44. The first-order chi connectivity index (χ1) is 7.24. The van der Waals surface area contributed by atoms with Crippen LogP contribution in [0.3, 0.4) is 0 Å². The molecule has 2 rings (SSSR count). The topological polar surface area (TPSA) is 18.5 Å². The van der Waals surface area contributed by atoms with E-state index >= 15 is 0 Å². The smallest absolute Gasteiger partial charge is 0.168 e. The zero-order chi connectivity index (χ0) is 10.8. The van der Waals surface area contributed by atoms with Crippen LogP contribution < -0.4 is 0 Å². The molecular weight excluding hydrogens is 235 g/mol. The molecule has 0 bridgehead atoms. The first-order valence-corrected chi connectivity index (χ1v) is 6.71. The summed E-state index contributed by atoms with van der Waals surface area (Å²) in [7, 11) is 0. The fourth-order valence-corrected chi connectivity index (χ4v) is 2.82. The van der Waals surface area contributed by atoms with Crippen LogP contribution in [0.5, 0.6) is 0 Å². The lowest BCUT2D eigenvalue weighted by Crippen LogP contribution is -2.52. The average Bonchev–Trinajstić information content (AvgIpc) is 2.32. The molecule has 1 spiro atoms. The van der Waals surface area contributed by atoms with Gasteiger partial charge in [-0.15, -0.1) is 23.2 Å². The molecule has 0 N–H and O–H groups in total. The van der Waals surface area contributed by atoms with Gasteiger partial charge in [0.25, 0.3) is 0 Å². The van der Waals surface area contributed by atoms with Crippen molar-refractivity contribution in [2.24, 2.45) is 5.41 Å². The van der Waals surface area contributed by atoms with Gasteiger partial charge in [-0.1, -0.05) is 6.42 Å². The lowest BCUT2D eigenvalue weighted by molar-refractivity contribution is -0.308. The van der Waals surface area contributed by atoms with E-state index in [-0.39, 0.29) is 11.2 Å². The molecule has 1 aliphatic heterocycles. The van der Waals surface area contributed by atoms with Crippen molar-refractivity contribution in [3.8, 4) is 0 Å². The quantitative estimate of drug-likeness (QED) is 0.704. The Bertz CT molecular complexity index is 199. The Morgan fingerprint density at radius 2 is 1.40 bits per heavy atom. The molecule has 2 aliphatic rings. The van der Waals surface area contributed by atoms with E-state index in [9.17, 15) is 0 Å². The van der Waals surface area contributed by atoms with Gasteiger partial charge in [-0.05, 0) is 12.8 Å². The van der Waals surface area contributed by atoms with Crippen LogP contribution in [0, 0.1) is 5.41 Å². The van der Waals surface area contributed by atoms with Crippen molar-refractivity contribution in [2.45, 2.75) is 37.9 Å². The zero-order valence-electron chi connectivity index (χ0n) is 8.94.